The molecule has 0 aromatic carbocycles. The van der Waals surface area contributed by atoms with Crippen LogP contribution in [0.2, 0.25) is 0 Å². The lowest BCUT2D eigenvalue weighted by Gasteiger charge is -2.15. The number of nitrogens with zero attached hydrogens (tertiary/aromatic N) is 1. The van der Waals surface area contributed by atoms with Crippen LogP contribution in [0.1, 0.15) is 45.2 Å². The van der Waals surface area contributed by atoms with Gasteiger partial charge in [-0.3, -0.25) is 10.4 Å². The Kier molecular flexibility index (Phi) is 7.74. The normalized spacial score (nSPS) is 13.6. The number of nitrogens with one attached hydrogen (secondary N) is 1. The summed E-state index contributed by atoms with van der Waals surface area (Å²) in [6, 6.07) is 3.10. The van der Waals surface area contributed by atoms with Crippen molar-refractivity contribution in [2.75, 3.05) is 6.61 Å². The molecular formula is C17H24F3N3O. The maximum atomic E-state index is 12.3. The lowest BCUT2D eigenvalue weighted by atomic mass is 10.0. The summed E-state index contributed by atoms with van der Waals surface area (Å²) in [5, 5.41) is 6.92. The number of ether oxygens (including phenoxy) is 1. The summed E-state index contributed by atoms with van der Waals surface area (Å²) in [7, 11) is 0. The lowest BCUT2D eigenvalue weighted by Crippen LogP contribution is -2.20. The van der Waals surface area contributed by atoms with Crippen LogP contribution in [-0.4, -0.2) is 23.5 Å². The summed E-state index contributed by atoms with van der Waals surface area (Å²) in [6.07, 6.45) is 1.70. The highest BCUT2D eigenvalue weighted by Crippen LogP contribution is 2.20. The molecule has 0 aliphatic heterocycles. The molecule has 1 unspecified atom stereocenters. The molecule has 1 heterocycles. The van der Waals surface area contributed by atoms with Crippen LogP contribution in [-0.2, 0) is 0 Å². The molecule has 0 fully saturated rings. The van der Waals surface area contributed by atoms with Gasteiger partial charge >= 0.3 is 6.18 Å². The predicted molar refractivity (Wildman–Crippen MR) is 89.0 cm³/mol. The SMILES string of the molecule is CCCCC(CC)COc1ccc(/C(N)=C/C(=N)C(F)(F)F)nc1. The molecule has 0 bridgehead atoms. The van der Waals surface area contributed by atoms with Crippen molar-refractivity contribution in [1.82, 2.24) is 4.98 Å². The predicted octanol–water partition coefficient (Wildman–Crippen LogP) is 4.56. The van der Waals surface area contributed by atoms with E-state index in [1.807, 2.05) is 0 Å². The van der Waals surface area contributed by atoms with Crippen molar-refractivity contribution in [3.8, 4) is 5.75 Å². The van der Waals surface area contributed by atoms with E-state index in [9.17, 15) is 13.2 Å². The van der Waals surface area contributed by atoms with Crippen molar-refractivity contribution >= 4 is 11.4 Å². The molecule has 3 N–H and O–H groups in total. The van der Waals surface area contributed by atoms with E-state index in [1.54, 1.807) is 6.07 Å². The molecule has 0 radical (unpaired) electrons. The molecule has 4 nitrogen and oxygen atoms in total. The fourth-order valence-electron chi connectivity index (χ4n) is 2.06. The largest absolute Gasteiger partial charge is 0.492 e. The van der Waals surface area contributed by atoms with Crippen molar-refractivity contribution in [2.45, 2.75) is 45.7 Å². The topological polar surface area (TPSA) is 72.0 Å². The first kappa shape index (κ1) is 20.0. The van der Waals surface area contributed by atoms with Crippen molar-refractivity contribution in [1.29, 1.82) is 5.41 Å². The van der Waals surface area contributed by atoms with Crippen LogP contribution in [0.4, 0.5) is 13.2 Å². The first-order chi connectivity index (χ1) is 11.3. The third kappa shape index (κ3) is 6.60. The van der Waals surface area contributed by atoms with Gasteiger partial charge in [0.25, 0.3) is 0 Å². The van der Waals surface area contributed by atoms with Crippen LogP contribution in [0, 0.1) is 11.3 Å². The standard InChI is InChI=1S/C17H24F3N3O/c1-3-5-6-12(4-2)11-24-13-7-8-15(23-10-13)14(21)9-16(22)17(18,19)20/h7-10,12,22H,3-6,11,21H2,1-2H3/b14-9-,22-16?. The summed E-state index contributed by atoms with van der Waals surface area (Å²) < 4.78 is 42.6. The number of alkyl halides is 3. The summed E-state index contributed by atoms with van der Waals surface area (Å²) in [6.45, 7) is 4.85. The van der Waals surface area contributed by atoms with E-state index in [0.717, 1.165) is 25.7 Å². The Morgan fingerprint density at radius 1 is 1.38 bits per heavy atom. The summed E-state index contributed by atoms with van der Waals surface area (Å²) in [5.41, 5.74) is 4.01. The molecular weight excluding hydrogens is 319 g/mol. The monoisotopic (exact) mass is 343 g/mol. The van der Waals surface area contributed by atoms with Gasteiger partial charge in [-0.1, -0.05) is 33.1 Å². The van der Waals surface area contributed by atoms with E-state index < -0.39 is 11.9 Å². The molecule has 0 aliphatic rings. The Bertz CT molecular complexity index is 553. The summed E-state index contributed by atoms with van der Waals surface area (Å²) >= 11 is 0. The molecule has 0 spiro atoms. The minimum absolute atomic E-state index is 0.175. The summed E-state index contributed by atoms with van der Waals surface area (Å²) in [4.78, 5) is 4.00. The minimum atomic E-state index is -4.72. The van der Waals surface area contributed by atoms with Gasteiger partial charge in [0.2, 0.25) is 0 Å². The zero-order valence-electron chi connectivity index (χ0n) is 14.0. The maximum Gasteiger partial charge on any atom is 0.432 e. The summed E-state index contributed by atoms with van der Waals surface area (Å²) in [5.74, 6) is 1.02. The Labute approximate surface area is 140 Å². The third-order valence-corrected chi connectivity index (χ3v) is 3.67. The number of allylic oxidation sites excluding steroid dienone is 1. The number of pyridine rings is 1. The molecule has 0 aliphatic carbocycles. The number of unbranched alkanes of at least 4 members (excludes halogenated alkanes) is 1. The lowest BCUT2D eigenvalue weighted by molar-refractivity contribution is -0.0583. The molecule has 1 atom stereocenters. The van der Waals surface area contributed by atoms with Gasteiger partial charge in [0.15, 0.2) is 0 Å². The van der Waals surface area contributed by atoms with Crippen molar-refractivity contribution in [3.05, 3.63) is 30.1 Å². The molecule has 134 valence electrons. The van der Waals surface area contributed by atoms with Gasteiger partial charge in [-0.25, -0.2) is 0 Å². The smallest absolute Gasteiger partial charge is 0.432 e. The van der Waals surface area contributed by atoms with E-state index in [0.29, 0.717) is 24.4 Å². The van der Waals surface area contributed by atoms with Gasteiger partial charge in [0.05, 0.1) is 24.2 Å². The Morgan fingerprint density at radius 2 is 2.08 bits per heavy atom. The second-order valence-electron chi connectivity index (χ2n) is 5.62. The average Bonchev–Trinajstić information content (AvgIpc) is 2.54. The van der Waals surface area contributed by atoms with E-state index in [4.69, 9.17) is 15.9 Å². The van der Waals surface area contributed by atoms with E-state index in [-0.39, 0.29) is 11.4 Å². The zero-order chi connectivity index (χ0) is 18.2. The number of aromatic nitrogens is 1. The van der Waals surface area contributed by atoms with Gasteiger partial charge in [-0.15, -0.1) is 0 Å². The fourth-order valence-corrected chi connectivity index (χ4v) is 2.06. The van der Waals surface area contributed by atoms with Gasteiger partial charge in [-0.2, -0.15) is 13.2 Å². The Hall–Kier alpha value is -2.05. The first-order valence-electron chi connectivity index (χ1n) is 8.00. The second kappa shape index (κ2) is 9.30. The van der Waals surface area contributed by atoms with Gasteiger partial charge in [0.1, 0.15) is 11.5 Å². The van der Waals surface area contributed by atoms with Crippen LogP contribution < -0.4 is 10.5 Å². The third-order valence-electron chi connectivity index (χ3n) is 3.67. The first-order valence-corrected chi connectivity index (χ1v) is 8.00. The molecule has 1 rings (SSSR count). The number of halogens is 3. The Balaban J connectivity index is 2.65. The highest BCUT2D eigenvalue weighted by Gasteiger charge is 2.32. The van der Waals surface area contributed by atoms with Gasteiger partial charge in [0, 0.05) is 0 Å². The highest BCUT2D eigenvalue weighted by molar-refractivity contribution is 6.01. The Morgan fingerprint density at radius 3 is 2.58 bits per heavy atom. The van der Waals surface area contributed by atoms with Crippen molar-refractivity contribution < 1.29 is 17.9 Å². The van der Waals surface area contributed by atoms with Crippen LogP contribution in [0.3, 0.4) is 0 Å². The molecule has 24 heavy (non-hydrogen) atoms. The molecule has 1 aromatic heterocycles. The molecule has 7 heteroatoms. The van der Waals surface area contributed by atoms with E-state index in [1.165, 1.54) is 12.3 Å². The van der Waals surface area contributed by atoms with Crippen molar-refractivity contribution in [3.63, 3.8) is 0 Å². The molecule has 0 amide bonds. The fraction of sp³-hybridized carbons (Fsp3) is 0.529. The molecule has 0 saturated carbocycles. The van der Waals surface area contributed by atoms with E-state index in [2.05, 4.69) is 18.8 Å². The van der Waals surface area contributed by atoms with Crippen LogP contribution in [0.25, 0.3) is 5.70 Å². The quantitative estimate of drug-likeness (QED) is 0.646. The minimum Gasteiger partial charge on any atom is -0.492 e. The van der Waals surface area contributed by atoms with Gasteiger partial charge < -0.3 is 10.5 Å². The number of nitrogens with two attached hydrogens (primary N) is 1. The van der Waals surface area contributed by atoms with Gasteiger partial charge in [-0.05, 0) is 30.5 Å². The molecule has 0 saturated heterocycles. The number of hydrogen-bond acceptors (Lipinski definition) is 4. The highest BCUT2D eigenvalue weighted by atomic mass is 19.4. The van der Waals surface area contributed by atoms with Crippen LogP contribution in [0.5, 0.6) is 5.75 Å². The number of hydrogen-bond donors (Lipinski definition) is 2. The maximum absolute atomic E-state index is 12.3. The van der Waals surface area contributed by atoms with E-state index >= 15 is 0 Å². The molecule has 1 aromatic rings. The number of rotatable bonds is 9. The van der Waals surface area contributed by atoms with Crippen LogP contribution in [0.15, 0.2) is 24.4 Å². The second-order valence-corrected chi connectivity index (χ2v) is 5.62. The van der Waals surface area contributed by atoms with Crippen LogP contribution >= 0.6 is 0 Å². The zero-order valence-corrected chi connectivity index (χ0v) is 14.0. The van der Waals surface area contributed by atoms with Crippen molar-refractivity contribution in [2.24, 2.45) is 11.7 Å². The average molecular weight is 343 g/mol.